The molecule has 0 atom stereocenters. The predicted molar refractivity (Wildman–Crippen MR) is 97.1 cm³/mol. The van der Waals surface area contributed by atoms with E-state index in [4.69, 9.17) is 12.2 Å². The van der Waals surface area contributed by atoms with Gasteiger partial charge < -0.3 is 10.2 Å². The largest absolute Gasteiger partial charge is 0.366 e. The van der Waals surface area contributed by atoms with Crippen LogP contribution in [0.1, 0.15) is 26.3 Å². The maximum absolute atomic E-state index is 12.8. The van der Waals surface area contributed by atoms with Gasteiger partial charge in [-0.05, 0) is 35.3 Å². The fraction of sp³-hybridized carbons (Fsp3) is 0.562. The zero-order valence-corrected chi connectivity index (χ0v) is 15.8. The van der Waals surface area contributed by atoms with Crippen molar-refractivity contribution in [2.24, 2.45) is 0 Å². The van der Waals surface area contributed by atoms with Crippen molar-refractivity contribution in [3.05, 3.63) is 29.8 Å². The number of nitrogens with zero attached hydrogens (tertiary/aromatic N) is 2. The smallest absolute Gasteiger partial charge is 0.243 e. The van der Waals surface area contributed by atoms with Crippen molar-refractivity contribution in [2.75, 3.05) is 33.2 Å². The van der Waals surface area contributed by atoms with Gasteiger partial charge in [0.25, 0.3) is 0 Å². The highest BCUT2D eigenvalue weighted by molar-refractivity contribution is 7.89. The Morgan fingerprint density at radius 1 is 1.09 bits per heavy atom. The first-order valence-electron chi connectivity index (χ1n) is 7.73. The Kier molecular flexibility index (Phi) is 5.33. The van der Waals surface area contributed by atoms with Crippen LogP contribution in [0.3, 0.4) is 0 Å². The van der Waals surface area contributed by atoms with E-state index in [1.165, 1.54) is 4.31 Å². The lowest BCUT2D eigenvalue weighted by molar-refractivity contribution is 0.265. The van der Waals surface area contributed by atoms with E-state index in [2.05, 4.69) is 26.1 Å². The number of rotatable bonds is 2. The maximum Gasteiger partial charge on any atom is 0.243 e. The number of thiocarbonyl (C=S) groups is 1. The number of hydrogen-bond donors (Lipinski definition) is 1. The van der Waals surface area contributed by atoms with Gasteiger partial charge in [-0.2, -0.15) is 4.31 Å². The Morgan fingerprint density at radius 3 is 2.04 bits per heavy atom. The lowest BCUT2D eigenvalue weighted by atomic mass is 9.87. The highest BCUT2D eigenvalue weighted by Crippen LogP contribution is 2.25. The number of nitrogens with one attached hydrogen (secondary N) is 1. The van der Waals surface area contributed by atoms with Gasteiger partial charge in [0.05, 0.1) is 4.90 Å². The van der Waals surface area contributed by atoms with E-state index in [1.54, 1.807) is 19.2 Å². The Bertz CT molecular complexity index is 656. The zero-order valence-electron chi connectivity index (χ0n) is 14.2. The summed E-state index contributed by atoms with van der Waals surface area (Å²) in [5.41, 5.74) is 1.14. The highest BCUT2D eigenvalue weighted by Gasteiger charge is 2.29. The molecule has 128 valence electrons. The third-order valence-corrected chi connectivity index (χ3v) is 6.47. The van der Waals surface area contributed by atoms with E-state index in [9.17, 15) is 8.42 Å². The molecule has 0 spiro atoms. The van der Waals surface area contributed by atoms with Crippen LogP contribution >= 0.6 is 12.2 Å². The molecule has 0 bridgehead atoms. The number of benzene rings is 1. The molecule has 0 aromatic heterocycles. The van der Waals surface area contributed by atoms with Crippen molar-refractivity contribution >= 4 is 27.4 Å². The quantitative estimate of drug-likeness (QED) is 0.820. The third-order valence-electron chi connectivity index (χ3n) is 4.10. The first kappa shape index (κ1) is 18.2. The van der Waals surface area contributed by atoms with Gasteiger partial charge in [0.1, 0.15) is 0 Å². The minimum absolute atomic E-state index is 0.0107. The average Bonchev–Trinajstić information content (AvgIpc) is 2.53. The molecule has 2 rings (SSSR count). The summed E-state index contributed by atoms with van der Waals surface area (Å²) in [6, 6.07) is 7.22. The van der Waals surface area contributed by atoms with E-state index in [0.717, 1.165) is 5.56 Å². The zero-order chi connectivity index (χ0) is 17.3. The van der Waals surface area contributed by atoms with Crippen LogP contribution in [0.25, 0.3) is 0 Å². The molecule has 23 heavy (non-hydrogen) atoms. The summed E-state index contributed by atoms with van der Waals surface area (Å²) < 4.78 is 27.0. The van der Waals surface area contributed by atoms with Crippen LogP contribution < -0.4 is 5.32 Å². The second-order valence-electron chi connectivity index (χ2n) is 6.72. The summed E-state index contributed by atoms with van der Waals surface area (Å²) in [7, 11) is -1.66. The SMILES string of the molecule is CNC(=S)N1CCN(S(=O)(=O)c2ccc(C(C)(C)C)cc2)CC1. The topological polar surface area (TPSA) is 52.6 Å². The molecule has 1 aromatic rings. The molecule has 0 saturated carbocycles. The summed E-state index contributed by atoms with van der Waals surface area (Å²) >= 11 is 5.20. The molecule has 0 amide bonds. The number of hydrogen-bond acceptors (Lipinski definition) is 3. The lowest BCUT2D eigenvalue weighted by Gasteiger charge is -2.35. The number of sulfonamides is 1. The van der Waals surface area contributed by atoms with Gasteiger partial charge >= 0.3 is 0 Å². The first-order valence-corrected chi connectivity index (χ1v) is 9.58. The van der Waals surface area contributed by atoms with Crippen molar-refractivity contribution in [3.8, 4) is 0 Å². The standard InChI is InChI=1S/C16H25N3O2S2/c1-16(2,3)13-5-7-14(8-6-13)23(20,21)19-11-9-18(10-12-19)15(22)17-4/h5-8H,9-12H2,1-4H3,(H,17,22). The van der Waals surface area contributed by atoms with Crippen LogP contribution in [0.15, 0.2) is 29.2 Å². The molecule has 1 heterocycles. The molecule has 5 nitrogen and oxygen atoms in total. The summed E-state index contributed by atoms with van der Waals surface area (Å²) in [5, 5.41) is 3.59. The summed E-state index contributed by atoms with van der Waals surface area (Å²) in [4.78, 5) is 2.35. The molecule has 1 N–H and O–H groups in total. The third kappa shape index (κ3) is 4.02. The normalized spacial score (nSPS) is 17.1. The molecule has 1 aliphatic rings. The Labute approximate surface area is 144 Å². The highest BCUT2D eigenvalue weighted by atomic mass is 32.2. The molecule has 0 aliphatic carbocycles. The first-order chi connectivity index (χ1) is 10.7. The van der Waals surface area contributed by atoms with Crippen molar-refractivity contribution in [1.29, 1.82) is 0 Å². The fourth-order valence-corrected chi connectivity index (χ4v) is 4.17. The fourth-order valence-electron chi connectivity index (χ4n) is 2.57. The van der Waals surface area contributed by atoms with Gasteiger partial charge in [-0.3, -0.25) is 0 Å². The van der Waals surface area contributed by atoms with Gasteiger partial charge in [0.2, 0.25) is 10.0 Å². The van der Waals surface area contributed by atoms with Crippen molar-refractivity contribution in [2.45, 2.75) is 31.1 Å². The lowest BCUT2D eigenvalue weighted by Crippen LogP contribution is -2.52. The molecule has 0 radical (unpaired) electrons. The van der Waals surface area contributed by atoms with E-state index >= 15 is 0 Å². The molecule has 1 fully saturated rings. The second-order valence-corrected chi connectivity index (χ2v) is 9.05. The van der Waals surface area contributed by atoms with Crippen LogP contribution in [0.4, 0.5) is 0 Å². The average molecular weight is 356 g/mol. The Morgan fingerprint density at radius 2 is 1.61 bits per heavy atom. The molecule has 1 aliphatic heterocycles. The Balaban J connectivity index is 2.12. The van der Waals surface area contributed by atoms with Gasteiger partial charge in [0, 0.05) is 33.2 Å². The van der Waals surface area contributed by atoms with E-state index in [0.29, 0.717) is 36.2 Å². The van der Waals surface area contributed by atoms with Crippen molar-refractivity contribution in [1.82, 2.24) is 14.5 Å². The second kappa shape index (κ2) is 6.75. The minimum Gasteiger partial charge on any atom is -0.366 e. The minimum atomic E-state index is -3.44. The maximum atomic E-state index is 12.8. The molecular formula is C16H25N3O2S2. The molecular weight excluding hydrogens is 330 g/mol. The van der Waals surface area contributed by atoms with Gasteiger partial charge in [-0.15, -0.1) is 0 Å². The summed E-state index contributed by atoms with van der Waals surface area (Å²) in [6.45, 7) is 8.45. The van der Waals surface area contributed by atoms with Crippen LogP contribution in [0.2, 0.25) is 0 Å². The molecule has 1 saturated heterocycles. The monoisotopic (exact) mass is 355 g/mol. The van der Waals surface area contributed by atoms with Crippen LogP contribution in [-0.2, 0) is 15.4 Å². The van der Waals surface area contributed by atoms with Crippen LogP contribution in [0.5, 0.6) is 0 Å². The van der Waals surface area contributed by atoms with E-state index in [1.807, 2.05) is 17.0 Å². The van der Waals surface area contributed by atoms with Crippen molar-refractivity contribution in [3.63, 3.8) is 0 Å². The molecule has 1 aromatic carbocycles. The van der Waals surface area contributed by atoms with E-state index < -0.39 is 10.0 Å². The molecule has 7 heteroatoms. The Hall–Kier alpha value is -1.18. The predicted octanol–water partition coefficient (Wildman–Crippen LogP) is 1.79. The van der Waals surface area contributed by atoms with E-state index in [-0.39, 0.29) is 5.41 Å². The van der Waals surface area contributed by atoms with Crippen molar-refractivity contribution < 1.29 is 8.42 Å². The van der Waals surface area contributed by atoms with Gasteiger partial charge in [-0.25, -0.2) is 8.42 Å². The molecule has 0 unspecified atom stereocenters. The van der Waals surface area contributed by atoms with Gasteiger partial charge in [0.15, 0.2) is 5.11 Å². The van der Waals surface area contributed by atoms with Gasteiger partial charge in [-0.1, -0.05) is 32.9 Å². The summed E-state index contributed by atoms with van der Waals surface area (Å²) in [6.07, 6.45) is 0. The summed E-state index contributed by atoms with van der Waals surface area (Å²) in [5.74, 6) is 0. The van der Waals surface area contributed by atoms with Crippen LogP contribution in [0, 0.1) is 0 Å². The van der Waals surface area contributed by atoms with Crippen LogP contribution in [-0.4, -0.2) is 56.0 Å². The number of piperazine rings is 1.